The first kappa shape index (κ1) is 16.8. The molecule has 6 heteroatoms. The lowest BCUT2D eigenvalue weighted by Crippen LogP contribution is -2.63. The normalized spacial score (nSPS) is 25.3. The minimum atomic E-state index is -0.207. The van der Waals surface area contributed by atoms with Crippen molar-refractivity contribution >= 4 is 17.7 Å². The number of carbonyl (C=O) groups excluding carboxylic acids is 3. The minimum Gasteiger partial charge on any atom is -0.484 e. The van der Waals surface area contributed by atoms with Gasteiger partial charge in [-0.25, -0.2) is 0 Å². The highest BCUT2D eigenvalue weighted by Gasteiger charge is 2.52. The molecule has 0 bridgehead atoms. The van der Waals surface area contributed by atoms with Crippen molar-refractivity contribution in [3.63, 3.8) is 0 Å². The van der Waals surface area contributed by atoms with Crippen LogP contribution in [0.3, 0.4) is 0 Å². The number of hydrogen-bond donors (Lipinski definition) is 0. The molecule has 0 aromatic heterocycles. The molecule has 1 aliphatic carbocycles. The molecule has 0 radical (unpaired) electrons. The molecule has 3 aliphatic rings. The lowest BCUT2D eigenvalue weighted by molar-refractivity contribution is -0.153. The van der Waals surface area contributed by atoms with E-state index in [1.165, 1.54) is 4.90 Å². The van der Waals surface area contributed by atoms with Crippen LogP contribution in [0.2, 0.25) is 0 Å². The maximum Gasteiger partial charge on any atom is 0.260 e. The van der Waals surface area contributed by atoms with Crippen LogP contribution in [0.1, 0.15) is 18.4 Å². The molecule has 0 spiro atoms. The average Bonchev–Trinajstić information content (AvgIpc) is 2.84. The number of benzene rings is 1. The van der Waals surface area contributed by atoms with Gasteiger partial charge in [0.25, 0.3) is 5.91 Å². The van der Waals surface area contributed by atoms with Crippen LogP contribution in [-0.4, -0.2) is 53.3 Å². The van der Waals surface area contributed by atoms with E-state index in [1.807, 2.05) is 43.3 Å². The Kier molecular flexibility index (Phi) is 4.26. The molecule has 3 amide bonds. The summed E-state index contributed by atoms with van der Waals surface area (Å²) in [5.41, 5.74) is 1.07. The largest absolute Gasteiger partial charge is 0.484 e. The maximum atomic E-state index is 12.5. The molecule has 1 aromatic rings. The monoisotopic (exact) mass is 354 g/mol. The number of carbonyl (C=O) groups is 3. The molecule has 2 heterocycles. The van der Waals surface area contributed by atoms with E-state index in [1.54, 1.807) is 4.90 Å². The van der Waals surface area contributed by atoms with Crippen molar-refractivity contribution in [1.82, 2.24) is 9.80 Å². The fourth-order valence-electron chi connectivity index (χ4n) is 3.95. The third-order valence-corrected chi connectivity index (χ3v) is 5.47. The molecule has 2 saturated heterocycles. The van der Waals surface area contributed by atoms with Gasteiger partial charge in [0, 0.05) is 13.1 Å². The summed E-state index contributed by atoms with van der Waals surface area (Å²) >= 11 is 0. The van der Waals surface area contributed by atoms with Crippen molar-refractivity contribution in [3.8, 4) is 5.75 Å². The van der Waals surface area contributed by atoms with Crippen LogP contribution in [0, 0.1) is 18.8 Å². The lowest BCUT2D eigenvalue weighted by Gasteiger charge is -2.43. The first-order valence-electron chi connectivity index (χ1n) is 9.04. The number of rotatable bonds is 4. The van der Waals surface area contributed by atoms with E-state index in [0.717, 1.165) is 5.56 Å². The van der Waals surface area contributed by atoms with Gasteiger partial charge < -0.3 is 9.64 Å². The van der Waals surface area contributed by atoms with Gasteiger partial charge in [0.1, 0.15) is 5.75 Å². The van der Waals surface area contributed by atoms with E-state index in [4.69, 9.17) is 4.74 Å². The van der Waals surface area contributed by atoms with Crippen LogP contribution in [0.5, 0.6) is 5.75 Å². The van der Waals surface area contributed by atoms with Gasteiger partial charge in [0.15, 0.2) is 6.61 Å². The number of hydrogen-bond acceptors (Lipinski definition) is 4. The van der Waals surface area contributed by atoms with Gasteiger partial charge in [-0.15, -0.1) is 0 Å². The van der Waals surface area contributed by atoms with Gasteiger partial charge in [0.05, 0.1) is 17.9 Å². The summed E-state index contributed by atoms with van der Waals surface area (Å²) in [6, 6.07) is 7.35. The smallest absolute Gasteiger partial charge is 0.260 e. The molecule has 6 nitrogen and oxygen atoms in total. The van der Waals surface area contributed by atoms with Gasteiger partial charge in [0.2, 0.25) is 11.8 Å². The molecule has 2 fully saturated rings. The van der Waals surface area contributed by atoms with Crippen LogP contribution in [0.25, 0.3) is 0 Å². The highest BCUT2D eigenvalue weighted by Crippen LogP contribution is 2.37. The Balaban J connectivity index is 1.30. The number of likely N-dealkylation sites (tertiary alicyclic amines) is 2. The van der Waals surface area contributed by atoms with E-state index in [9.17, 15) is 14.4 Å². The topological polar surface area (TPSA) is 66.9 Å². The Morgan fingerprint density at radius 1 is 1.12 bits per heavy atom. The summed E-state index contributed by atoms with van der Waals surface area (Å²) in [7, 11) is 0. The Bertz CT molecular complexity index is 756. The van der Waals surface area contributed by atoms with E-state index in [0.29, 0.717) is 31.7 Å². The zero-order valence-corrected chi connectivity index (χ0v) is 14.8. The second-order valence-corrected chi connectivity index (χ2v) is 7.26. The van der Waals surface area contributed by atoms with E-state index < -0.39 is 0 Å². The van der Waals surface area contributed by atoms with Crippen LogP contribution < -0.4 is 4.74 Å². The third kappa shape index (κ3) is 2.89. The Morgan fingerprint density at radius 2 is 1.77 bits per heavy atom. The first-order chi connectivity index (χ1) is 12.5. The number of aryl methyl sites for hydroxylation is 1. The zero-order valence-electron chi connectivity index (χ0n) is 14.8. The van der Waals surface area contributed by atoms with Crippen molar-refractivity contribution in [2.45, 2.75) is 25.8 Å². The number of ether oxygens (including phenoxy) is 1. The molecule has 4 rings (SSSR count). The van der Waals surface area contributed by atoms with Gasteiger partial charge >= 0.3 is 0 Å². The second-order valence-electron chi connectivity index (χ2n) is 7.26. The summed E-state index contributed by atoms with van der Waals surface area (Å²) in [5.74, 6) is -0.0171. The predicted octanol–water partition coefficient (Wildman–Crippen LogP) is 1.54. The summed E-state index contributed by atoms with van der Waals surface area (Å²) < 4.78 is 5.54. The molecule has 0 N–H and O–H groups in total. The standard InChI is InChI=1S/C20H22N2O4/c1-13-5-4-6-15(9-13)26-12-18(23)21-10-14(11-21)22-19(24)16-7-2-3-8-17(16)20(22)25/h2-6,9,14,16-17H,7-8,10-12H2,1H3. The van der Waals surface area contributed by atoms with Crippen molar-refractivity contribution in [2.24, 2.45) is 11.8 Å². The fraction of sp³-hybridized carbons (Fsp3) is 0.450. The van der Waals surface area contributed by atoms with E-state index in [2.05, 4.69) is 0 Å². The number of imide groups is 1. The molecule has 0 saturated carbocycles. The molecular weight excluding hydrogens is 332 g/mol. The molecule has 1 aromatic carbocycles. The SMILES string of the molecule is Cc1cccc(OCC(=O)N2CC(N3C(=O)C4CC=CCC4C3=O)C2)c1. The van der Waals surface area contributed by atoms with Crippen molar-refractivity contribution < 1.29 is 19.1 Å². The van der Waals surface area contributed by atoms with Crippen molar-refractivity contribution in [1.29, 1.82) is 0 Å². The zero-order chi connectivity index (χ0) is 18.3. The quantitative estimate of drug-likeness (QED) is 0.608. The second kappa shape index (κ2) is 6.59. The lowest BCUT2D eigenvalue weighted by atomic mass is 9.85. The fourth-order valence-corrected chi connectivity index (χ4v) is 3.95. The Morgan fingerprint density at radius 3 is 2.38 bits per heavy atom. The molecular formula is C20H22N2O4. The third-order valence-electron chi connectivity index (χ3n) is 5.47. The Labute approximate surface area is 152 Å². The number of nitrogens with zero attached hydrogens (tertiary/aromatic N) is 2. The number of allylic oxidation sites excluding steroid dienone is 2. The van der Waals surface area contributed by atoms with Crippen LogP contribution >= 0.6 is 0 Å². The van der Waals surface area contributed by atoms with Crippen LogP contribution in [0.4, 0.5) is 0 Å². The van der Waals surface area contributed by atoms with Gasteiger partial charge in [-0.3, -0.25) is 19.3 Å². The molecule has 2 atom stereocenters. The first-order valence-corrected chi connectivity index (χ1v) is 9.04. The molecule has 26 heavy (non-hydrogen) atoms. The average molecular weight is 354 g/mol. The molecule has 2 unspecified atom stereocenters. The maximum absolute atomic E-state index is 12.5. The van der Waals surface area contributed by atoms with E-state index in [-0.39, 0.29) is 42.2 Å². The summed E-state index contributed by atoms with van der Waals surface area (Å²) in [6.45, 7) is 2.74. The van der Waals surface area contributed by atoms with Crippen LogP contribution in [-0.2, 0) is 14.4 Å². The highest BCUT2D eigenvalue weighted by atomic mass is 16.5. The predicted molar refractivity (Wildman–Crippen MR) is 94.2 cm³/mol. The molecule has 2 aliphatic heterocycles. The van der Waals surface area contributed by atoms with Crippen molar-refractivity contribution in [2.75, 3.05) is 19.7 Å². The minimum absolute atomic E-state index is 0.0345. The molecule has 136 valence electrons. The summed E-state index contributed by atoms with van der Waals surface area (Å²) in [6.07, 6.45) is 5.25. The van der Waals surface area contributed by atoms with Gasteiger partial charge in [-0.2, -0.15) is 0 Å². The van der Waals surface area contributed by atoms with Crippen molar-refractivity contribution in [3.05, 3.63) is 42.0 Å². The number of fused-ring (bicyclic) bond motifs is 1. The summed E-state index contributed by atoms with van der Waals surface area (Å²) in [5, 5.41) is 0. The number of amides is 3. The van der Waals surface area contributed by atoms with Gasteiger partial charge in [-0.1, -0.05) is 24.3 Å². The summed E-state index contributed by atoms with van der Waals surface area (Å²) in [4.78, 5) is 40.4. The Hall–Kier alpha value is -2.63. The highest BCUT2D eigenvalue weighted by molar-refractivity contribution is 6.06. The van der Waals surface area contributed by atoms with Gasteiger partial charge in [-0.05, 0) is 37.5 Å². The van der Waals surface area contributed by atoms with Crippen LogP contribution in [0.15, 0.2) is 36.4 Å². The van der Waals surface area contributed by atoms with E-state index >= 15 is 0 Å².